The van der Waals surface area contributed by atoms with Gasteiger partial charge in [0.1, 0.15) is 0 Å². The van der Waals surface area contributed by atoms with Gasteiger partial charge in [-0.25, -0.2) is 0 Å². The molecule has 2 atom stereocenters. The van der Waals surface area contributed by atoms with Crippen molar-refractivity contribution < 1.29 is 42.8 Å². The summed E-state index contributed by atoms with van der Waals surface area (Å²) in [5, 5.41) is 0. The third kappa shape index (κ3) is 3.18. The molecule has 0 amide bonds. The number of halogens is 5. The SMILES string of the molecule is Cc1ccc2c(c1)I(OC(=O)C13CC4CC(C1)C1(OCC(F)(F)C(F)(F)CO1)C(C4)C3)OC2=O. The number of ether oxygens (including phenoxy) is 2. The Morgan fingerprint density at radius 2 is 1.65 bits per heavy atom. The Hall–Kier alpha value is -1.47. The van der Waals surface area contributed by atoms with E-state index in [-0.39, 0.29) is 18.8 Å². The van der Waals surface area contributed by atoms with Crippen molar-refractivity contribution in [3.05, 3.63) is 32.9 Å². The van der Waals surface area contributed by atoms with Gasteiger partial charge in [-0.05, 0) is 0 Å². The van der Waals surface area contributed by atoms with E-state index in [1.54, 1.807) is 18.2 Å². The zero-order valence-electron chi connectivity index (χ0n) is 18.3. The molecule has 4 aliphatic carbocycles. The summed E-state index contributed by atoms with van der Waals surface area (Å²) in [6.45, 7) is -0.967. The van der Waals surface area contributed by atoms with Crippen LogP contribution in [0, 0.1) is 33.7 Å². The van der Waals surface area contributed by atoms with Crippen LogP contribution in [-0.4, -0.2) is 42.8 Å². The van der Waals surface area contributed by atoms with Crippen LogP contribution in [0.5, 0.6) is 0 Å². The third-order valence-corrected chi connectivity index (χ3v) is 11.5. The van der Waals surface area contributed by atoms with Crippen LogP contribution in [0.25, 0.3) is 0 Å². The van der Waals surface area contributed by atoms with Gasteiger partial charge >= 0.3 is 201 Å². The Labute approximate surface area is 201 Å². The molecule has 2 heterocycles. The van der Waals surface area contributed by atoms with Crippen molar-refractivity contribution in [2.45, 2.75) is 56.7 Å². The van der Waals surface area contributed by atoms with E-state index in [1.165, 1.54) is 0 Å². The normalized spacial score (nSPS) is 37.3. The number of benzene rings is 1. The standard InChI is InChI=1S/C23H23F4IO6/c1-12-2-3-16-17(4-12)28(33-18(16)29)34-19(30)20-7-13-5-14(8-20)23(15(6-13)9-20)31-10-21(24,25)22(26,27)11-32-23/h2-4,13-15H,5-11H2,1H3. The second kappa shape index (κ2) is 7.28. The van der Waals surface area contributed by atoms with Crippen LogP contribution in [0.3, 0.4) is 0 Å². The number of aryl methyl sites for hydroxylation is 1. The summed E-state index contributed by atoms with van der Waals surface area (Å²) in [6.07, 6.45) is 2.17. The maximum atomic E-state index is 14.0. The zero-order valence-corrected chi connectivity index (χ0v) is 20.4. The first-order valence-corrected chi connectivity index (χ1v) is 14.1. The summed E-state index contributed by atoms with van der Waals surface area (Å²) in [5.74, 6) is -12.0. The molecule has 186 valence electrons. The first-order chi connectivity index (χ1) is 15.9. The topological polar surface area (TPSA) is 71.1 Å². The molecule has 0 aromatic heterocycles. The van der Waals surface area contributed by atoms with E-state index in [1.807, 2.05) is 6.92 Å². The first-order valence-electron chi connectivity index (χ1n) is 11.2. The second-order valence-electron chi connectivity index (χ2n) is 10.3. The summed E-state index contributed by atoms with van der Waals surface area (Å²) < 4.78 is 78.9. The van der Waals surface area contributed by atoms with Crippen LogP contribution >= 0.6 is 20.6 Å². The summed E-state index contributed by atoms with van der Waals surface area (Å²) in [4.78, 5) is 25.7. The molecule has 1 spiro atoms. The molecule has 0 radical (unpaired) electrons. The van der Waals surface area contributed by atoms with Crippen molar-refractivity contribution in [1.82, 2.24) is 0 Å². The van der Waals surface area contributed by atoms with E-state index >= 15 is 0 Å². The first kappa shape index (κ1) is 23.0. The van der Waals surface area contributed by atoms with E-state index in [0.29, 0.717) is 28.4 Å². The van der Waals surface area contributed by atoms with Crippen molar-refractivity contribution in [1.29, 1.82) is 0 Å². The van der Waals surface area contributed by atoms with Gasteiger partial charge in [-0.1, -0.05) is 0 Å². The Balaban J connectivity index is 1.25. The van der Waals surface area contributed by atoms with Gasteiger partial charge < -0.3 is 0 Å². The predicted molar refractivity (Wildman–Crippen MR) is 116 cm³/mol. The van der Waals surface area contributed by atoms with Gasteiger partial charge in [0.05, 0.1) is 0 Å². The predicted octanol–water partition coefficient (Wildman–Crippen LogP) is 5.05. The molecule has 4 bridgehead atoms. The van der Waals surface area contributed by atoms with Crippen molar-refractivity contribution in [2.75, 3.05) is 13.2 Å². The number of carbonyl (C=O) groups is 2. The van der Waals surface area contributed by atoms with Gasteiger partial charge in [-0.15, -0.1) is 0 Å². The van der Waals surface area contributed by atoms with E-state index < -0.39 is 80.7 Å². The molecule has 1 saturated heterocycles. The van der Waals surface area contributed by atoms with Gasteiger partial charge in [0.15, 0.2) is 0 Å². The summed E-state index contributed by atoms with van der Waals surface area (Å²) in [7, 11) is 0. The van der Waals surface area contributed by atoms with Crippen LogP contribution < -0.4 is 0 Å². The number of hydrogen-bond acceptors (Lipinski definition) is 6. The summed E-state index contributed by atoms with van der Waals surface area (Å²) in [6, 6.07) is 5.26. The summed E-state index contributed by atoms with van der Waals surface area (Å²) >= 11 is -3.01. The average Bonchev–Trinajstić information content (AvgIpc) is 3.01. The third-order valence-electron chi connectivity index (χ3n) is 8.04. The molecule has 5 fully saturated rings. The molecule has 1 aromatic rings. The monoisotopic (exact) mass is 598 g/mol. The number of rotatable bonds is 2. The molecule has 0 N–H and O–H groups in total. The Kier molecular flexibility index (Phi) is 4.92. The van der Waals surface area contributed by atoms with Gasteiger partial charge in [-0.2, -0.15) is 0 Å². The van der Waals surface area contributed by atoms with E-state index in [0.717, 1.165) is 5.56 Å². The fraction of sp³-hybridized carbons (Fsp3) is 0.652. The maximum absolute atomic E-state index is 14.0. The number of carbonyl (C=O) groups excluding carboxylic acids is 2. The van der Waals surface area contributed by atoms with Gasteiger partial charge in [0.2, 0.25) is 0 Å². The summed E-state index contributed by atoms with van der Waals surface area (Å²) in [5.41, 5.74) is 0.445. The fourth-order valence-electron chi connectivity index (χ4n) is 6.57. The molecule has 4 saturated carbocycles. The Morgan fingerprint density at radius 1 is 1.03 bits per heavy atom. The van der Waals surface area contributed by atoms with Crippen LogP contribution in [-0.2, 0) is 20.4 Å². The van der Waals surface area contributed by atoms with Crippen molar-refractivity contribution >= 4 is 32.6 Å². The Morgan fingerprint density at radius 3 is 2.26 bits per heavy atom. The number of alkyl halides is 4. The van der Waals surface area contributed by atoms with Crippen LogP contribution in [0.15, 0.2) is 18.2 Å². The van der Waals surface area contributed by atoms with Crippen LogP contribution in [0.4, 0.5) is 17.6 Å². The van der Waals surface area contributed by atoms with Crippen LogP contribution in [0.1, 0.15) is 48.0 Å². The van der Waals surface area contributed by atoms with Crippen molar-refractivity contribution in [3.63, 3.8) is 0 Å². The average molecular weight is 598 g/mol. The minimum atomic E-state index is -4.33. The molecule has 6 aliphatic rings. The molecule has 2 aliphatic heterocycles. The van der Waals surface area contributed by atoms with Crippen LogP contribution in [0.2, 0.25) is 0 Å². The fourth-order valence-corrected chi connectivity index (χ4v) is 10.2. The molecular weight excluding hydrogens is 575 g/mol. The molecule has 11 heteroatoms. The van der Waals surface area contributed by atoms with Gasteiger partial charge in [0.25, 0.3) is 0 Å². The second-order valence-corrected chi connectivity index (χ2v) is 13.5. The van der Waals surface area contributed by atoms with Gasteiger partial charge in [-0.3, -0.25) is 0 Å². The van der Waals surface area contributed by atoms with Crippen molar-refractivity contribution in [3.8, 4) is 0 Å². The molecular formula is C23H23F4IO6. The van der Waals surface area contributed by atoms with Crippen molar-refractivity contribution in [2.24, 2.45) is 23.2 Å². The molecule has 1 aromatic carbocycles. The van der Waals surface area contributed by atoms with E-state index in [2.05, 4.69) is 0 Å². The minimum absolute atomic E-state index is 0.122. The van der Waals surface area contributed by atoms with E-state index in [9.17, 15) is 27.2 Å². The molecule has 2 unspecified atom stereocenters. The molecule has 6 nitrogen and oxygen atoms in total. The Bertz CT molecular complexity index is 1040. The van der Waals surface area contributed by atoms with Gasteiger partial charge in [0, 0.05) is 0 Å². The number of fused-ring (bicyclic) bond motifs is 1. The molecule has 34 heavy (non-hydrogen) atoms. The zero-order chi connectivity index (χ0) is 24.1. The van der Waals surface area contributed by atoms with E-state index in [4.69, 9.17) is 15.6 Å². The molecule has 7 rings (SSSR count). The quantitative estimate of drug-likeness (QED) is 0.351. The number of hydrogen-bond donors (Lipinski definition) is 0.